The quantitative estimate of drug-likeness (QED) is 0.823. The lowest BCUT2D eigenvalue weighted by Gasteiger charge is -2.49. The number of carboxylic acid groups (broad SMARTS) is 1. The van der Waals surface area contributed by atoms with E-state index in [9.17, 15) is 9.59 Å². The first kappa shape index (κ1) is 14.8. The van der Waals surface area contributed by atoms with Crippen LogP contribution in [0.1, 0.15) is 38.5 Å². The third-order valence-electron chi connectivity index (χ3n) is 8.54. The number of carbonyl (C=O) groups is 2. The number of nitrogens with zero attached hydrogens (tertiary/aromatic N) is 3. The van der Waals surface area contributed by atoms with Crippen molar-refractivity contribution in [1.29, 1.82) is 0 Å². The molecule has 6 fully saturated rings. The summed E-state index contributed by atoms with van der Waals surface area (Å²) in [5.41, 5.74) is 0.591. The molecule has 6 rings (SSSR count). The van der Waals surface area contributed by atoms with E-state index >= 15 is 0 Å². The molecule has 2 amide bonds. The summed E-state index contributed by atoms with van der Waals surface area (Å²) in [5.74, 6) is 2.02. The van der Waals surface area contributed by atoms with Crippen molar-refractivity contribution in [2.75, 3.05) is 32.7 Å². The molecule has 0 aromatic carbocycles. The molecule has 3 saturated carbocycles. The van der Waals surface area contributed by atoms with Crippen molar-refractivity contribution in [1.82, 2.24) is 14.7 Å². The minimum atomic E-state index is -0.761. The maximum absolute atomic E-state index is 12.8. The Morgan fingerprint density at radius 3 is 2.20 bits per heavy atom. The predicted molar refractivity (Wildman–Crippen MR) is 90.0 cm³/mol. The summed E-state index contributed by atoms with van der Waals surface area (Å²) < 4.78 is 0. The summed E-state index contributed by atoms with van der Waals surface area (Å²) in [6, 6.07) is 0.635. The van der Waals surface area contributed by atoms with Gasteiger partial charge in [-0.2, -0.15) is 0 Å². The number of hydrogen-bond donors (Lipinski definition) is 1. The molecule has 1 unspecified atom stereocenters. The van der Waals surface area contributed by atoms with Gasteiger partial charge in [-0.3, -0.25) is 9.69 Å². The van der Waals surface area contributed by atoms with Crippen LogP contribution in [0.2, 0.25) is 0 Å². The van der Waals surface area contributed by atoms with Gasteiger partial charge in [0.25, 0.3) is 0 Å². The molecule has 6 aliphatic rings. The molecule has 0 aromatic heterocycles. The number of fused-ring (bicyclic) bond motifs is 1. The highest BCUT2D eigenvalue weighted by Crippen LogP contribution is 2.60. The second kappa shape index (κ2) is 4.51. The topological polar surface area (TPSA) is 64.1 Å². The van der Waals surface area contributed by atoms with Gasteiger partial charge in [-0.1, -0.05) is 0 Å². The Labute approximate surface area is 148 Å². The normalized spacial score (nSPS) is 46.1. The van der Waals surface area contributed by atoms with Crippen molar-refractivity contribution in [3.05, 3.63) is 0 Å². The van der Waals surface area contributed by atoms with E-state index in [0.29, 0.717) is 41.8 Å². The summed E-state index contributed by atoms with van der Waals surface area (Å²) in [4.78, 5) is 30.3. The summed E-state index contributed by atoms with van der Waals surface area (Å²) in [6.07, 6.45) is 6.31. The van der Waals surface area contributed by atoms with Crippen LogP contribution in [0.3, 0.4) is 0 Å². The summed E-state index contributed by atoms with van der Waals surface area (Å²) >= 11 is 0. The molecular formula is C19H27N3O3. The van der Waals surface area contributed by atoms with Crippen LogP contribution in [0.4, 0.5) is 4.79 Å². The van der Waals surface area contributed by atoms with Crippen LogP contribution in [0.5, 0.6) is 0 Å². The van der Waals surface area contributed by atoms with Gasteiger partial charge in [-0.15, -0.1) is 0 Å². The fraction of sp³-hybridized carbons (Fsp3) is 0.895. The maximum Gasteiger partial charge on any atom is 0.407 e. The molecule has 3 heterocycles. The molecule has 2 spiro atoms. The Bertz CT molecular complexity index is 642. The van der Waals surface area contributed by atoms with E-state index in [2.05, 4.69) is 9.80 Å². The first-order chi connectivity index (χ1) is 12.0. The Balaban J connectivity index is 1.02. The minimum Gasteiger partial charge on any atom is -0.465 e. The van der Waals surface area contributed by atoms with Crippen LogP contribution in [0.15, 0.2) is 0 Å². The van der Waals surface area contributed by atoms with Gasteiger partial charge in [0.1, 0.15) is 0 Å². The zero-order valence-electron chi connectivity index (χ0n) is 14.7. The predicted octanol–water partition coefficient (Wildman–Crippen LogP) is 1.46. The van der Waals surface area contributed by atoms with E-state index in [1.54, 1.807) is 4.90 Å². The third kappa shape index (κ3) is 1.95. The monoisotopic (exact) mass is 345 g/mol. The van der Waals surface area contributed by atoms with Crippen LogP contribution in [-0.2, 0) is 4.79 Å². The first-order valence-corrected chi connectivity index (χ1v) is 10.0. The highest BCUT2D eigenvalue weighted by molar-refractivity contribution is 5.84. The van der Waals surface area contributed by atoms with Crippen molar-refractivity contribution in [3.63, 3.8) is 0 Å². The summed E-state index contributed by atoms with van der Waals surface area (Å²) in [7, 11) is 0. The number of likely N-dealkylation sites (tertiary alicyclic amines) is 3. The SMILES string of the molecule is O=C(O)N1CCC2(CC(N3C[C@@H]4C(C(=O)N5CCC56CC6)[C@@H]4C3)C2)C1. The molecule has 3 aliphatic carbocycles. The van der Waals surface area contributed by atoms with E-state index in [-0.39, 0.29) is 5.41 Å². The lowest BCUT2D eigenvalue weighted by Crippen LogP contribution is -2.55. The van der Waals surface area contributed by atoms with Crippen LogP contribution < -0.4 is 0 Å². The van der Waals surface area contributed by atoms with E-state index < -0.39 is 6.09 Å². The number of hydrogen-bond acceptors (Lipinski definition) is 3. The molecule has 0 bridgehead atoms. The zero-order valence-corrected chi connectivity index (χ0v) is 14.7. The van der Waals surface area contributed by atoms with Gasteiger partial charge in [0.2, 0.25) is 5.91 Å². The lowest BCUT2D eigenvalue weighted by atomic mass is 9.64. The number of amides is 2. The van der Waals surface area contributed by atoms with Gasteiger partial charge in [0.05, 0.1) is 0 Å². The number of piperidine rings is 1. The van der Waals surface area contributed by atoms with Crippen molar-refractivity contribution < 1.29 is 14.7 Å². The van der Waals surface area contributed by atoms with Crippen LogP contribution in [-0.4, -0.2) is 76.1 Å². The van der Waals surface area contributed by atoms with Gasteiger partial charge in [0, 0.05) is 50.2 Å². The number of carbonyl (C=O) groups excluding carboxylic acids is 1. The van der Waals surface area contributed by atoms with Crippen molar-refractivity contribution in [2.45, 2.75) is 50.1 Å². The van der Waals surface area contributed by atoms with E-state index in [4.69, 9.17) is 5.11 Å². The molecule has 0 radical (unpaired) electrons. The standard InChI is InChI=1S/C19H27N3O3/c23-16(22-6-4-19(22)1-2-19)15-13-9-21(10-14(13)15)12-7-18(8-12)3-5-20(11-18)17(24)25/h12-15H,1-11H2,(H,24,25)/t12?,13-,14+,15?,18?. The van der Waals surface area contributed by atoms with E-state index in [1.165, 1.54) is 19.3 Å². The average molecular weight is 345 g/mol. The van der Waals surface area contributed by atoms with Crippen molar-refractivity contribution >= 4 is 12.0 Å². The van der Waals surface area contributed by atoms with Crippen LogP contribution in [0, 0.1) is 23.2 Å². The summed E-state index contributed by atoms with van der Waals surface area (Å²) in [5, 5.41) is 9.15. The van der Waals surface area contributed by atoms with Crippen molar-refractivity contribution in [3.8, 4) is 0 Å². The molecule has 6 heteroatoms. The molecule has 25 heavy (non-hydrogen) atoms. The molecular weight excluding hydrogens is 318 g/mol. The third-order valence-corrected chi connectivity index (χ3v) is 8.54. The van der Waals surface area contributed by atoms with Gasteiger partial charge in [0.15, 0.2) is 0 Å². The van der Waals surface area contributed by atoms with Gasteiger partial charge >= 0.3 is 6.09 Å². The molecule has 1 N–H and O–H groups in total. The molecule has 3 saturated heterocycles. The van der Waals surface area contributed by atoms with Gasteiger partial charge in [-0.25, -0.2) is 4.79 Å². The van der Waals surface area contributed by atoms with Crippen LogP contribution >= 0.6 is 0 Å². The largest absolute Gasteiger partial charge is 0.465 e. The fourth-order valence-corrected chi connectivity index (χ4v) is 6.58. The Hall–Kier alpha value is -1.30. The fourth-order valence-electron chi connectivity index (χ4n) is 6.58. The molecule has 3 atom stereocenters. The van der Waals surface area contributed by atoms with E-state index in [0.717, 1.165) is 45.4 Å². The Morgan fingerprint density at radius 1 is 0.960 bits per heavy atom. The van der Waals surface area contributed by atoms with Gasteiger partial charge in [-0.05, 0) is 55.8 Å². The van der Waals surface area contributed by atoms with Crippen LogP contribution in [0.25, 0.3) is 0 Å². The molecule has 0 aromatic rings. The zero-order chi connectivity index (χ0) is 17.0. The van der Waals surface area contributed by atoms with Crippen molar-refractivity contribution in [2.24, 2.45) is 23.2 Å². The Morgan fingerprint density at radius 2 is 1.68 bits per heavy atom. The van der Waals surface area contributed by atoms with E-state index in [1.807, 2.05) is 0 Å². The molecule has 136 valence electrons. The highest BCUT2D eigenvalue weighted by atomic mass is 16.4. The summed E-state index contributed by atoms with van der Waals surface area (Å²) in [6.45, 7) is 4.65. The van der Waals surface area contributed by atoms with Gasteiger partial charge < -0.3 is 14.9 Å². The highest BCUT2D eigenvalue weighted by Gasteiger charge is 2.66. The maximum atomic E-state index is 12.8. The average Bonchev–Trinajstić information content (AvgIpc) is 3.37. The number of rotatable bonds is 2. The first-order valence-electron chi connectivity index (χ1n) is 10.0. The second-order valence-corrected chi connectivity index (χ2v) is 9.79. The smallest absolute Gasteiger partial charge is 0.407 e. The second-order valence-electron chi connectivity index (χ2n) is 9.79. The Kier molecular flexibility index (Phi) is 2.67. The minimum absolute atomic E-state index is 0.265. The molecule has 6 nitrogen and oxygen atoms in total. The molecule has 3 aliphatic heterocycles. The lowest BCUT2D eigenvalue weighted by molar-refractivity contribution is -0.143.